The van der Waals surface area contributed by atoms with Crippen molar-refractivity contribution in [2.75, 3.05) is 18.1 Å². The Kier molecular flexibility index (Phi) is 8.40. The van der Waals surface area contributed by atoms with Crippen LogP contribution in [-0.2, 0) is 23.9 Å². The van der Waals surface area contributed by atoms with Crippen LogP contribution in [0.25, 0.3) is 0 Å². The number of esters is 2. The minimum absolute atomic E-state index is 0.0248. The Morgan fingerprint density at radius 2 is 1.84 bits per heavy atom. The second-order valence-corrected chi connectivity index (χ2v) is 10.9. The van der Waals surface area contributed by atoms with Crippen LogP contribution in [0.5, 0.6) is 0 Å². The van der Waals surface area contributed by atoms with Crippen LogP contribution in [0.15, 0.2) is 88.7 Å². The number of anilines is 1. The molecule has 0 saturated heterocycles. The van der Waals surface area contributed by atoms with Crippen molar-refractivity contribution in [2.24, 2.45) is 11.7 Å². The first-order valence-electron chi connectivity index (χ1n) is 13.6. The number of carbonyl (C=O) groups is 3. The maximum Gasteiger partial charge on any atom is 0.338 e. The van der Waals surface area contributed by atoms with E-state index in [2.05, 4.69) is 0 Å². The van der Waals surface area contributed by atoms with Gasteiger partial charge < -0.3 is 15.2 Å². The summed E-state index contributed by atoms with van der Waals surface area (Å²) in [7, 11) is 0. The number of carbonyl (C=O) groups excluding carboxylic acids is 3. The minimum Gasteiger partial charge on any atom is -0.465 e. The van der Waals surface area contributed by atoms with Gasteiger partial charge in [0.25, 0.3) is 5.69 Å². The topological polar surface area (TPSA) is 142 Å². The van der Waals surface area contributed by atoms with Gasteiger partial charge in [0.1, 0.15) is 17.6 Å². The number of allylic oxidation sites excluding steroid dienone is 2. The maximum absolute atomic E-state index is 14.7. The smallest absolute Gasteiger partial charge is 0.338 e. The Labute approximate surface area is 250 Å². The number of hydrogen-bond donors (Lipinski definition) is 1. The van der Waals surface area contributed by atoms with Crippen molar-refractivity contribution in [3.8, 4) is 0 Å². The number of thiophene rings is 1. The van der Waals surface area contributed by atoms with Gasteiger partial charge in [-0.1, -0.05) is 24.3 Å². The average molecular weight is 606 g/mol. The molecule has 2 N–H and O–H groups in total. The summed E-state index contributed by atoms with van der Waals surface area (Å²) in [5.41, 5.74) is 7.17. The van der Waals surface area contributed by atoms with Crippen LogP contribution in [0.1, 0.15) is 42.5 Å². The number of non-ortho nitro benzene ring substituents is 1. The second-order valence-electron chi connectivity index (χ2n) is 9.90. The molecular formula is C31H28FN3O7S. The van der Waals surface area contributed by atoms with Gasteiger partial charge in [-0.3, -0.25) is 24.6 Å². The monoisotopic (exact) mass is 605 g/mol. The zero-order valence-electron chi connectivity index (χ0n) is 23.3. The summed E-state index contributed by atoms with van der Waals surface area (Å²) in [6, 6.07) is 14.7. The van der Waals surface area contributed by atoms with Crippen LogP contribution in [0.3, 0.4) is 0 Å². The third-order valence-corrected chi connectivity index (χ3v) is 8.47. The van der Waals surface area contributed by atoms with Gasteiger partial charge in [0, 0.05) is 34.2 Å². The number of nitro groups is 1. The number of benzene rings is 2. The molecule has 1 aromatic heterocycles. The Morgan fingerprint density at radius 3 is 2.49 bits per heavy atom. The molecule has 3 atom stereocenters. The molecule has 43 heavy (non-hydrogen) atoms. The average Bonchev–Trinajstić information content (AvgIpc) is 3.51. The highest BCUT2D eigenvalue weighted by atomic mass is 32.1. The van der Waals surface area contributed by atoms with Gasteiger partial charge in [0.15, 0.2) is 5.78 Å². The predicted molar refractivity (Wildman–Crippen MR) is 156 cm³/mol. The Morgan fingerprint density at radius 1 is 1.09 bits per heavy atom. The highest BCUT2D eigenvalue weighted by Crippen LogP contribution is 2.52. The highest BCUT2D eigenvalue weighted by Gasteiger charge is 2.51. The molecule has 2 aromatic carbocycles. The van der Waals surface area contributed by atoms with Gasteiger partial charge in [-0.2, -0.15) is 0 Å². The summed E-state index contributed by atoms with van der Waals surface area (Å²) < 4.78 is 25.3. The third kappa shape index (κ3) is 5.41. The summed E-state index contributed by atoms with van der Waals surface area (Å²) >= 11 is 1.37. The van der Waals surface area contributed by atoms with Crippen molar-refractivity contribution in [2.45, 2.75) is 32.1 Å². The van der Waals surface area contributed by atoms with E-state index in [0.717, 1.165) is 4.88 Å². The van der Waals surface area contributed by atoms with E-state index in [1.54, 1.807) is 32.0 Å². The van der Waals surface area contributed by atoms with E-state index in [-0.39, 0.29) is 53.5 Å². The molecule has 10 nitrogen and oxygen atoms in total. The van der Waals surface area contributed by atoms with E-state index in [9.17, 15) is 28.9 Å². The standard InChI is InChI=1S/C31H28FN3O7S/c1-3-41-30(37)25-21(23-12-7-13-43-23)16-22-26(28(25)36)24(17-8-5-11-20(14-17)35(39)40)27(31(38)42-4-2)29(33)34(22)19-10-6-9-18(32)15-19/h5-15,21,24-25H,3-4,16,33H2,1-2H3/t21-,24-,25-/m0/s1. The molecule has 12 heteroatoms. The number of nitro benzene ring substituents is 1. The van der Waals surface area contributed by atoms with Gasteiger partial charge in [-0.15, -0.1) is 11.3 Å². The zero-order valence-corrected chi connectivity index (χ0v) is 24.1. The number of nitrogens with two attached hydrogens (primary N) is 1. The lowest BCUT2D eigenvalue weighted by Crippen LogP contribution is -2.46. The normalized spacial score (nSPS) is 20.1. The van der Waals surface area contributed by atoms with Crippen molar-refractivity contribution < 1.29 is 33.2 Å². The minimum atomic E-state index is -1.27. The molecule has 222 valence electrons. The number of ether oxygens (including phenoxy) is 2. The van der Waals surface area contributed by atoms with Crippen LogP contribution in [0.4, 0.5) is 15.8 Å². The first-order valence-corrected chi connectivity index (χ1v) is 14.5. The molecule has 2 heterocycles. The number of ketones is 1. The molecule has 5 rings (SSSR count). The highest BCUT2D eigenvalue weighted by molar-refractivity contribution is 7.10. The van der Waals surface area contributed by atoms with Gasteiger partial charge in [-0.05, 0) is 55.5 Å². The lowest BCUT2D eigenvalue weighted by molar-refractivity contribution is -0.384. The molecule has 0 fully saturated rings. The molecule has 1 aliphatic carbocycles. The van der Waals surface area contributed by atoms with E-state index in [0.29, 0.717) is 5.70 Å². The van der Waals surface area contributed by atoms with Gasteiger partial charge in [0.05, 0.1) is 35.3 Å². The van der Waals surface area contributed by atoms with E-state index in [1.165, 1.54) is 52.6 Å². The molecule has 0 amide bonds. The van der Waals surface area contributed by atoms with Crippen molar-refractivity contribution in [3.63, 3.8) is 0 Å². The largest absolute Gasteiger partial charge is 0.465 e. The van der Waals surface area contributed by atoms with Crippen LogP contribution < -0.4 is 10.6 Å². The van der Waals surface area contributed by atoms with Crippen molar-refractivity contribution in [3.05, 3.63) is 115 Å². The molecule has 3 aromatic rings. The lowest BCUT2D eigenvalue weighted by Gasteiger charge is -2.43. The molecule has 0 radical (unpaired) electrons. The van der Waals surface area contributed by atoms with E-state index >= 15 is 0 Å². The summed E-state index contributed by atoms with van der Waals surface area (Å²) in [4.78, 5) is 55.0. The Bertz CT molecular complexity index is 1670. The number of hydrogen-bond acceptors (Lipinski definition) is 10. The zero-order chi connectivity index (χ0) is 30.8. The number of rotatable bonds is 8. The first-order chi connectivity index (χ1) is 20.7. The molecular weight excluding hydrogens is 577 g/mol. The quantitative estimate of drug-likeness (QED) is 0.156. The molecule has 2 aliphatic rings. The number of nitrogens with zero attached hydrogens (tertiary/aromatic N) is 2. The maximum atomic E-state index is 14.7. The van der Waals surface area contributed by atoms with Crippen molar-refractivity contribution in [1.82, 2.24) is 0 Å². The van der Waals surface area contributed by atoms with Crippen LogP contribution >= 0.6 is 11.3 Å². The van der Waals surface area contributed by atoms with E-state index in [4.69, 9.17) is 15.2 Å². The predicted octanol–water partition coefficient (Wildman–Crippen LogP) is 5.32. The van der Waals surface area contributed by atoms with Crippen LogP contribution in [0, 0.1) is 21.8 Å². The fourth-order valence-electron chi connectivity index (χ4n) is 5.77. The Balaban J connectivity index is 1.84. The first kappa shape index (κ1) is 29.6. The fraction of sp³-hybridized carbons (Fsp3) is 0.258. The molecule has 0 spiro atoms. The second kappa shape index (κ2) is 12.2. The van der Waals surface area contributed by atoms with Crippen LogP contribution in [-0.4, -0.2) is 35.9 Å². The molecule has 1 aliphatic heterocycles. The lowest BCUT2D eigenvalue weighted by atomic mass is 9.68. The summed E-state index contributed by atoms with van der Waals surface area (Å²) in [5.74, 6) is -6.03. The number of halogens is 1. The van der Waals surface area contributed by atoms with Crippen LogP contribution in [0.2, 0.25) is 0 Å². The van der Waals surface area contributed by atoms with E-state index in [1.807, 2.05) is 11.4 Å². The molecule has 0 unspecified atom stereocenters. The van der Waals surface area contributed by atoms with Gasteiger partial charge in [0.2, 0.25) is 0 Å². The molecule has 0 bridgehead atoms. The van der Waals surface area contributed by atoms with Crippen molar-refractivity contribution in [1.29, 1.82) is 0 Å². The Hall–Kier alpha value is -4.84. The van der Waals surface area contributed by atoms with Crippen molar-refractivity contribution >= 4 is 40.4 Å². The summed E-state index contributed by atoms with van der Waals surface area (Å²) in [6.07, 6.45) is 0.101. The third-order valence-electron chi connectivity index (χ3n) is 7.46. The number of Topliss-reactive ketones (excluding diaryl/α,β-unsaturated/α-hetero) is 1. The van der Waals surface area contributed by atoms with Gasteiger partial charge >= 0.3 is 11.9 Å². The van der Waals surface area contributed by atoms with E-state index < -0.39 is 46.2 Å². The molecule has 0 saturated carbocycles. The fourth-order valence-corrected chi connectivity index (χ4v) is 6.64. The SMILES string of the molecule is CCOC(=O)C1=C(N)N(c2cccc(F)c2)C2=C(C(=O)[C@@H](C(=O)OCC)[C@H](c3cccs3)C2)[C@@H]1c1cccc([N+](=O)[O-])c1. The summed E-state index contributed by atoms with van der Waals surface area (Å²) in [5, 5.41) is 13.5. The summed E-state index contributed by atoms with van der Waals surface area (Å²) in [6.45, 7) is 3.25. The van der Waals surface area contributed by atoms with Gasteiger partial charge in [-0.25, -0.2) is 9.18 Å².